The average Bonchev–Trinajstić information content (AvgIpc) is 3.35. The number of carbonyl (C=O) groups is 1. The highest BCUT2D eigenvalue weighted by Crippen LogP contribution is 2.22. The van der Waals surface area contributed by atoms with Crippen LogP contribution in [-0.2, 0) is 11.3 Å². The van der Waals surface area contributed by atoms with Gasteiger partial charge in [0.15, 0.2) is 6.04 Å². The van der Waals surface area contributed by atoms with Crippen LogP contribution in [-0.4, -0.2) is 19.0 Å². The third-order valence-corrected chi connectivity index (χ3v) is 4.88. The summed E-state index contributed by atoms with van der Waals surface area (Å²) in [6.07, 6.45) is 2.16. The number of halogens is 2. The van der Waals surface area contributed by atoms with Crippen LogP contribution < -0.4 is 10.2 Å². The van der Waals surface area contributed by atoms with Crippen LogP contribution in [0.3, 0.4) is 0 Å². The lowest BCUT2D eigenvalue weighted by atomic mass is 10.0. The lowest BCUT2D eigenvalue weighted by Crippen LogP contribution is -3.09. The molecule has 3 rings (SSSR count). The van der Waals surface area contributed by atoms with Crippen LogP contribution in [0.5, 0.6) is 0 Å². The molecule has 0 aromatic heterocycles. The van der Waals surface area contributed by atoms with Crippen molar-refractivity contribution in [3.8, 4) is 0 Å². The Labute approximate surface area is 152 Å². The molecule has 0 radical (unpaired) electrons. The molecule has 1 saturated carbocycles. The molecule has 0 aliphatic heterocycles. The summed E-state index contributed by atoms with van der Waals surface area (Å²) in [5, 5.41) is 4.38. The Morgan fingerprint density at radius 2 is 1.92 bits per heavy atom. The molecule has 1 unspecified atom stereocenters. The maximum absolute atomic E-state index is 12.8. The molecule has 1 amide bonds. The topological polar surface area (TPSA) is 33.5 Å². The van der Waals surface area contributed by atoms with Crippen LogP contribution in [0, 0.1) is 0 Å². The van der Waals surface area contributed by atoms with Crippen molar-refractivity contribution < 1.29 is 9.69 Å². The zero-order chi connectivity index (χ0) is 17.1. The summed E-state index contributed by atoms with van der Waals surface area (Å²) in [6, 6.07) is 15.5. The number of likely N-dealkylation sites (N-methyl/N-ethyl adjacent to an activating group) is 1. The van der Waals surface area contributed by atoms with Gasteiger partial charge in [0.25, 0.3) is 5.91 Å². The second-order valence-electron chi connectivity index (χ2n) is 6.39. The van der Waals surface area contributed by atoms with Crippen molar-refractivity contribution in [2.75, 3.05) is 7.05 Å². The molecule has 0 heterocycles. The molecule has 0 saturated heterocycles. The lowest BCUT2D eigenvalue weighted by molar-refractivity contribution is -0.916. The Hall–Kier alpha value is -1.55. The number of benzene rings is 2. The van der Waals surface area contributed by atoms with Gasteiger partial charge in [0, 0.05) is 22.2 Å². The monoisotopic (exact) mass is 363 g/mol. The molecule has 1 aliphatic rings. The third kappa shape index (κ3) is 4.29. The number of nitrogens with one attached hydrogen (secondary N) is 2. The molecule has 1 aliphatic carbocycles. The van der Waals surface area contributed by atoms with E-state index in [-0.39, 0.29) is 11.9 Å². The molecule has 3 nitrogen and oxygen atoms in total. The Morgan fingerprint density at radius 1 is 1.21 bits per heavy atom. The van der Waals surface area contributed by atoms with Crippen LogP contribution in [0.15, 0.2) is 48.5 Å². The SMILES string of the molecule is C[NH+](Cc1ccc(Cl)cc1Cl)[C@@H](C(=O)NC1CC1)c1ccccc1. The second kappa shape index (κ2) is 7.56. The van der Waals surface area contributed by atoms with Gasteiger partial charge in [-0.15, -0.1) is 0 Å². The molecule has 2 aromatic rings. The first kappa shape index (κ1) is 17.3. The average molecular weight is 364 g/mol. The third-order valence-electron chi connectivity index (χ3n) is 4.30. The minimum atomic E-state index is -0.265. The zero-order valence-corrected chi connectivity index (χ0v) is 15.1. The van der Waals surface area contributed by atoms with Crippen LogP contribution in [0.2, 0.25) is 10.0 Å². The quantitative estimate of drug-likeness (QED) is 0.812. The van der Waals surface area contributed by atoms with E-state index in [0.717, 1.165) is 28.9 Å². The van der Waals surface area contributed by atoms with Crippen LogP contribution in [0.4, 0.5) is 0 Å². The van der Waals surface area contributed by atoms with E-state index in [1.54, 1.807) is 6.07 Å². The first-order valence-corrected chi connectivity index (χ1v) is 8.92. The molecule has 24 heavy (non-hydrogen) atoms. The lowest BCUT2D eigenvalue weighted by Gasteiger charge is -2.25. The van der Waals surface area contributed by atoms with E-state index in [1.165, 1.54) is 0 Å². The van der Waals surface area contributed by atoms with Gasteiger partial charge in [0.1, 0.15) is 6.54 Å². The van der Waals surface area contributed by atoms with Gasteiger partial charge in [0.05, 0.1) is 12.1 Å². The Morgan fingerprint density at radius 3 is 2.54 bits per heavy atom. The van der Waals surface area contributed by atoms with Crippen molar-refractivity contribution >= 4 is 29.1 Å². The molecular formula is C19H21Cl2N2O+. The van der Waals surface area contributed by atoms with E-state index < -0.39 is 0 Å². The minimum absolute atomic E-state index is 0.0753. The fourth-order valence-electron chi connectivity index (χ4n) is 2.88. The van der Waals surface area contributed by atoms with Crippen LogP contribution in [0.25, 0.3) is 0 Å². The maximum Gasteiger partial charge on any atom is 0.283 e. The fraction of sp³-hybridized carbons (Fsp3) is 0.316. The van der Waals surface area contributed by atoms with Gasteiger partial charge in [-0.3, -0.25) is 4.79 Å². The van der Waals surface area contributed by atoms with Gasteiger partial charge < -0.3 is 10.2 Å². The number of hydrogen-bond acceptors (Lipinski definition) is 1. The Kier molecular flexibility index (Phi) is 5.44. The fourth-order valence-corrected chi connectivity index (χ4v) is 3.36. The molecule has 2 atom stereocenters. The van der Waals surface area contributed by atoms with Crippen molar-refractivity contribution in [2.45, 2.75) is 31.5 Å². The standard InChI is InChI=1S/C19H20Cl2N2O/c1-23(12-14-7-8-15(20)11-17(14)21)18(13-5-3-2-4-6-13)19(24)22-16-9-10-16/h2-8,11,16,18H,9-10,12H2,1H3,(H,22,24)/p+1/t18-/m1/s1. The predicted molar refractivity (Wildman–Crippen MR) is 97.4 cm³/mol. The summed E-state index contributed by atoms with van der Waals surface area (Å²) in [7, 11) is 2.02. The summed E-state index contributed by atoms with van der Waals surface area (Å²) in [5.41, 5.74) is 2.00. The summed E-state index contributed by atoms with van der Waals surface area (Å²) in [6.45, 7) is 0.646. The number of amides is 1. The van der Waals surface area contributed by atoms with E-state index in [2.05, 4.69) is 5.32 Å². The zero-order valence-electron chi connectivity index (χ0n) is 13.6. The molecule has 126 valence electrons. The van der Waals surface area contributed by atoms with E-state index in [4.69, 9.17) is 23.2 Å². The highest BCUT2D eigenvalue weighted by Gasteiger charge is 2.33. The van der Waals surface area contributed by atoms with E-state index in [9.17, 15) is 4.79 Å². The number of carbonyl (C=O) groups excluding carboxylic acids is 1. The number of hydrogen-bond donors (Lipinski definition) is 2. The summed E-state index contributed by atoms with van der Waals surface area (Å²) >= 11 is 12.3. The summed E-state index contributed by atoms with van der Waals surface area (Å²) < 4.78 is 0. The Bertz CT molecular complexity index is 717. The molecule has 0 spiro atoms. The normalized spacial score (nSPS) is 16.5. The smallest absolute Gasteiger partial charge is 0.283 e. The molecule has 2 aromatic carbocycles. The molecule has 2 N–H and O–H groups in total. The molecule has 5 heteroatoms. The van der Waals surface area contributed by atoms with E-state index in [1.807, 2.05) is 49.5 Å². The van der Waals surface area contributed by atoms with Crippen LogP contribution >= 0.6 is 23.2 Å². The minimum Gasteiger partial charge on any atom is -0.348 e. The van der Waals surface area contributed by atoms with Gasteiger partial charge in [0.2, 0.25) is 0 Å². The van der Waals surface area contributed by atoms with Crippen molar-refractivity contribution in [2.24, 2.45) is 0 Å². The second-order valence-corrected chi connectivity index (χ2v) is 7.23. The van der Waals surface area contributed by atoms with Gasteiger partial charge in [-0.2, -0.15) is 0 Å². The molecule has 1 fully saturated rings. The predicted octanol–water partition coefficient (Wildman–Crippen LogP) is 3.03. The van der Waals surface area contributed by atoms with E-state index in [0.29, 0.717) is 22.6 Å². The highest BCUT2D eigenvalue weighted by atomic mass is 35.5. The van der Waals surface area contributed by atoms with Gasteiger partial charge in [-0.25, -0.2) is 0 Å². The maximum atomic E-state index is 12.8. The number of rotatable bonds is 6. The highest BCUT2D eigenvalue weighted by molar-refractivity contribution is 6.35. The first-order chi connectivity index (χ1) is 11.5. The van der Waals surface area contributed by atoms with Crippen molar-refractivity contribution in [1.82, 2.24) is 5.32 Å². The van der Waals surface area contributed by atoms with Gasteiger partial charge in [-0.1, -0.05) is 59.6 Å². The summed E-state index contributed by atoms with van der Waals surface area (Å²) in [5.74, 6) is 0.0753. The van der Waals surface area contributed by atoms with Crippen molar-refractivity contribution in [3.63, 3.8) is 0 Å². The van der Waals surface area contributed by atoms with Crippen molar-refractivity contribution in [1.29, 1.82) is 0 Å². The van der Waals surface area contributed by atoms with Crippen molar-refractivity contribution in [3.05, 3.63) is 69.7 Å². The van der Waals surface area contributed by atoms with Gasteiger partial charge >= 0.3 is 0 Å². The van der Waals surface area contributed by atoms with Gasteiger partial charge in [-0.05, 0) is 25.0 Å². The molecular weight excluding hydrogens is 343 g/mol. The molecule has 0 bridgehead atoms. The van der Waals surface area contributed by atoms with E-state index >= 15 is 0 Å². The number of quaternary nitrogens is 1. The summed E-state index contributed by atoms with van der Waals surface area (Å²) in [4.78, 5) is 13.9. The Balaban J connectivity index is 1.82. The first-order valence-electron chi connectivity index (χ1n) is 8.16. The van der Waals surface area contributed by atoms with Crippen LogP contribution in [0.1, 0.15) is 30.0 Å². The largest absolute Gasteiger partial charge is 0.348 e.